The maximum atomic E-state index is 13.4. The van der Waals surface area contributed by atoms with Gasteiger partial charge in [-0.05, 0) is 35.7 Å². The highest BCUT2D eigenvalue weighted by Gasteiger charge is 2.51. The molecule has 34 heavy (non-hydrogen) atoms. The molecule has 2 amide bonds. The number of rotatable bonds is 7. The van der Waals surface area contributed by atoms with Gasteiger partial charge in [0.2, 0.25) is 11.8 Å². The van der Waals surface area contributed by atoms with Crippen molar-refractivity contribution in [1.29, 1.82) is 0 Å². The Kier molecular flexibility index (Phi) is 7.23. The average Bonchev–Trinajstić information content (AvgIpc) is 2.81. The van der Waals surface area contributed by atoms with Crippen molar-refractivity contribution in [1.82, 2.24) is 14.7 Å². The van der Waals surface area contributed by atoms with E-state index in [2.05, 4.69) is 29.7 Å². The molecular formula is C29H43N3O2. The van der Waals surface area contributed by atoms with E-state index >= 15 is 0 Å². The maximum Gasteiger partial charge on any atom is 0.228 e. The number of carbonyl (C=O) groups is 2. The summed E-state index contributed by atoms with van der Waals surface area (Å²) in [4.78, 5) is 32.5. The highest BCUT2D eigenvalue weighted by atomic mass is 16.2. The zero-order valence-corrected chi connectivity index (χ0v) is 21.8. The fraction of sp³-hybridized carbons (Fsp3) is 0.655. The SMILES string of the molecule is CC(C)(C)C(=O)N1CCN(CCN(CC2=CCC3CC2C3(C)C)C(=O)Cc2ccccc2)CC1. The molecule has 1 saturated carbocycles. The van der Waals surface area contributed by atoms with Gasteiger partial charge in [-0.25, -0.2) is 0 Å². The zero-order valence-electron chi connectivity index (χ0n) is 21.8. The van der Waals surface area contributed by atoms with Crippen molar-refractivity contribution in [2.75, 3.05) is 45.8 Å². The Morgan fingerprint density at radius 2 is 1.74 bits per heavy atom. The Bertz CT molecular complexity index is 907. The summed E-state index contributed by atoms with van der Waals surface area (Å²) in [6, 6.07) is 10.1. The standard InChI is InChI=1S/C29H43N3O2/c1-28(2,3)27(34)31-16-13-30(14-17-31)15-18-32(26(33)19-22-9-7-6-8-10-22)21-23-11-12-24-20-25(23)29(24,4)5/h6-11,24-25H,12-21H2,1-5H3. The Morgan fingerprint density at radius 1 is 1.06 bits per heavy atom. The van der Waals surface area contributed by atoms with E-state index in [1.807, 2.05) is 56.0 Å². The number of amides is 2. The van der Waals surface area contributed by atoms with Crippen LogP contribution in [0, 0.1) is 22.7 Å². The largest absolute Gasteiger partial charge is 0.340 e. The van der Waals surface area contributed by atoms with E-state index in [-0.39, 0.29) is 17.2 Å². The third-order valence-electron chi connectivity index (χ3n) is 8.49. The molecule has 4 aliphatic rings. The molecule has 1 aromatic carbocycles. The smallest absolute Gasteiger partial charge is 0.228 e. The van der Waals surface area contributed by atoms with Gasteiger partial charge in [-0.1, -0.05) is 76.6 Å². The lowest BCUT2D eigenvalue weighted by atomic mass is 9.49. The summed E-state index contributed by atoms with van der Waals surface area (Å²) >= 11 is 0. The van der Waals surface area contributed by atoms with Crippen molar-refractivity contribution in [2.45, 2.75) is 53.9 Å². The van der Waals surface area contributed by atoms with Gasteiger partial charge in [0.05, 0.1) is 6.42 Å². The van der Waals surface area contributed by atoms with E-state index in [4.69, 9.17) is 0 Å². The minimum absolute atomic E-state index is 0.216. The van der Waals surface area contributed by atoms with Crippen LogP contribution in [0.1, 0.15) is 53.0 Å². The molecule has 3 aliphatic carbocycles. The zero-order chi connectivity index (χ0) is 24.5. The van der Waals surface area contributed by atoms with Crippen LogP contribution in [0.4, 0.5) is 0 Å². The van der Waals surface area contributed by atoms with Crippen LogP contribution in [0.25, 0.3) is 0 Å². The number of nitrogens with zero attached hydrogens (tertiary/aromatic N) is 3. The quantitative estimate of drug-likeness (QED) is 0.566. The van der Waals surface area contributed by atoms with E-state index in [1.54, 1.807) is 0 Å². The van der Waals surface area contributed by atoms with Gasteiger partial charge < -0.3 is 9.80 Å². The first-order valence-corrected chi connectivity index (χ1v) is 13.1. The minimum Gasteiger partial charge on any atom is -0.340 e. The molecule has 2 atom stereocenters. The molecule has 5 heteroatoms. The number of benzene rings is 1. The van der Waals surface area contributed by atoms with Crippen molar-refractivity contribution in [2.24, 2.45) is 22.7 Å². The third-order valence-corrected chi connectivity index (χ3v) is 8.49. The van der Waals surface area contributed by atoms with Crippen molar-refractivity contribution in [3.63, 3.8) is 0 Å². The maximum absolute atomic E-state index is 13.4. The highest BCUT2D eigenvalue weighted by Crippen LogP contribution is 2.59. The molecular weight excluding hydrogens is 422 g/mol. The van der Waals surface area contributed by atoms with Gasteiger partial charge in [-0.15, -0.1) is 0 Å². The predicted octanol–water partition coefficient (Wildman–Crippen LogP) is 4.24. The molecule has 0 aromatic heterocycles. The lowest BCUT2D eigenvalue weighted by Crippen LogP contribution is -2.53. The van der Waals surface area contributed by atoms with Crippen LogP contribution in [0.15, 0.2) is 42.0 Å². The van der Waals surface area contributed by atoms with Gasteiger partial charge in [0.25, 0.3) is 0 Å². The van der Waals surface area contributed by atoms with Crippen LogP contribution in [-0.4, -0.2) is 72.3 Å². The van der Waals surface area contributed by atoms with Crippen molar-refractivity contribution >= 4 is 11.8 Å². The molecule has 5 nitrogen and oxygen atoms in total. The van der Waals surface area contributed by atoms with Crippen LogP contribution in [0.2, 0.25) is 0 Å². The van der Waals surface area contributed by atoms with Crippen molar-refractivity contribution in [3.05, 3.63) is 47.5 Å². The Hall–Kier alpha value is -2.14. The molecule has 2 bridgehead atoms. The summed E-state index contributed by atoms with van der Waals surface area (Å²) in [5.74, 6) is 1.87. The molecule has 5 rings (SSSR count). The van der Waals surface area contributed by atoms with Crippen LogP contribution in [-0.2, 0) is 16.0 Å². The summed E-state index contributed by atoms with van der Waals surface area (Å²) in [5, 5.41) is 0. The number of hydrogen-bond donors (Lipinski definition) is 0. The monoisotopic (exact) mass is 465 g/mol. The Morgan fingerprint density at radius 3 is 2.32 bits per heavy atom. The third kappa shape index (κ3) is 5.40. The fourth-order valence-electron chi connectivity index (χ4n) is 5.96. The van der Waals surface area contributed by atoms with E-state index in [1.165, 1.54) is 12.0 Å². The molecule has 2 fully saturated rings. The second-order valence-electron chi connectivity index (χ2n) is 12.2. The van der Waals surface area contributed by atoms with Gasteiger partial charge >= 0.3 is 0 Å². The van der Waals surface area contributed by atoms with Crippen LogP contribution in [0.3, 0.4) is 0 Å². The number of hydrogen-bond acceptors (Lipinski definition) is 3. The minimum atomic E-state index is -0.329. The average molecular weight is 466 g/mol. The first-order chi connectivity index (χ1) is 16.1. The molecule has 1 heterocycles. The molecule has 1 aromatic rings. The Labute approximate surface area is 206 Å². The molecule has 2 unspecified atom stereocenters. The first-order valence-electron chi connectivity index (χ1n) is 13.1. The number of fused-ring (bicyclic) bond motifs is 1. The molecule has 186 valence electrons. The summed E-state index contributed by atoms with van der Waals surface area (Å²) in [6.45, 7) is 16.4. The molecule has 0 N–H and O–H groups in total. The molecule has 0 spiro atoms. The highest BCUT2D eigenvalue weighted by molar-refractivity contribution is 5.81. The van der Waals surface area contributed by atoms with Crippen molar-refractivity contribution in [3.8, 4) is 0 Å². The summed E-state index contributed by atoms with van der Waals surface area (Å²) in [6.07, 6.45) is 5.31. The van der Waals surface area contributed by atoms with Crippen molar-refractivity contribution < 1.29 is 9.59 Å². The van der Waals surface area contributed by atoms with E-state index < -0.39 is 0 Å². The summed E-state index contributed by atoms with van der Waals surface area (Å²) < 4.78 is 0. The molecule has 1 saturated heterocycles. The number of piperazine rings is 1. The summed E-state index contributed by atoms with van der Waals surface area (Å²) in [7, 11) is 0. The van der Waals surface area contributed by atoms with Crippen LogP contribution >= 0.6 is 0 Å². The van der Waals surface area contributed by atoms with Gasteiger partial charge in [0.15, 0.2) is 0 Å². The van der Waals surface area contributed by atoms with Gasteiger partial charge in [0.1, 0.15) is 0 Å². The second-order valence-corrected chi connectivity index (χ2v) is 12.2. The number of carbonyl (C=O) groups excluding carboxylic acids is 2. The van der Waals surface area contributed by atoms with E-state index in [0.29, 0.717) is 17.8 Å². The van der Waals surface area contributed by atoms with Crippen LogP contribution < -0.4 is 0 Å². The van der Waals surface area contributed by atoms with E-state index in [9.17, 15) is 9.59 Å². The van der Waals surface area contributed by atoms with Crippen LogP contribution in [0.5, 0.6) is 0 Å². The summed E-state index contributed by atoms with van der Waals surface area (Å²) in [5.41, 5.74) is 2.59. The van der Waals surface area contributed by atoms with Gasteiger partial charge in [-0.3, -0.25) is 14.5 Å². The first kappa shape index (κ1) is 25.0. The topological polar surface area (TPSA) is 43.9 Å². The second kappa shape index (κ2) is 9.85. The fourth-order valence-corrected chi connectivity index (χ4v) is 5.96. The molecule has 0 radical (unpaired) electrons. The van der Waals surface area contributed by atoms with Gasteiger partial charge in [0, 0.05) is 51.2 Å². The Balaban J connectivity index is 1.37. The lowest BCUT2D eigenvalue weighted by Gasteiger charge is -2.57. The number of allylic oxidation sites excluding steroid dienone is 1. The van der Waals surface area contributed by atoms with Gasteiger partial charge in [-0.2, -0.15) is 0 Å². The van der Waals surface area contributed by atoms with E-state index in [0.717, 1.165) is 63.7 Å². The predicted molar refractivity (Wildman–Crippen MR) is 137 cm³/mol. The molecule has 1 aliphatic heterocycles. The lowest BCUT2D eigenvalue weighted by molar-refractivity contribution is -0.141. The normalized spacial score (nSPS) is 24.3.